The van der Waals surface area contributed by atoms with Gasteiger partial charge in [0.15, 0.2) is 0 Å². The zero-order valence-corrected chi connectivity index (χ0v) is 10.0. The van der Waals surface area contributed by atoms with E-state index in [0.717, 1.165) is 11.3 Å². The average molecular weight is 242 g/mol. The van der Waals surface area contributed by atoms with Crippen molar-refractivity contribution in [1.29, 1.82) is 0 Å². The molecule has 0 saturated heterocycles. The Labute approximate surface area is 105 Å². The van der Waals surface area contributed by atoms with Crippen LogP contribution in [0.4, 0.5) is 0 Å². The number of pyridine rings is 1. The highest BCUT2D eigenvalue weighted by molar-refractivity contribution is 5.85. The highest BCUT2D eigenvalue weighted by Gasteiger charge is 2.21. The Morgan fingerprint density at radius 3 is 2.44 bits per heavy atom. The molecule has 1 atom stereocenters. The van der Waals surface area contributed by atoms with E-state index in [1.807, 2.05) is 18.2 Å². The maximum absolute atomic E-state index is 11.6. The molecule has 0 spiro atoms. The number of hydrogen-bond acceptors (Lipinski definition) is 3. The van der Waals surface area contributed by atoms with E-state index in [1.54, 1.807) is 37.6 Å². The molecule has 0 aliphatic heterocycles. The lowest BCUT2D eigenvalue weighted by Gasteiger charge is -2.13. The van der Waals surface area contributed by atoms with Crippen LogP contribution in [-0.2, 0) is 4.79 Å². The van der Waals surface area contributed by atoms with E-state index >= 15 is 0 Å². The standard InChI is InChI=1S/C14H14N2O2/c1-18-11-7-5-10(6-8-11)13(14(15)17)12-4-2-3-9-16-12/h2-9,13H,1H3,(H2,15,17)/t13-/m0/s1. The SMILES string of the molecule is COc1ccc([C@H](C(N)=O)c2ccccn2)cc1. The molecule has 1 heterocycles. The summed E-state index contributed by atoms with van der Waals surface area (Å²) in [5.41, 5.74) is 6.92. The number of carbonyl (C=O) groups is 1. The van der Waals surface area contributed by atoms with Crippen molar-refractivity contribution < 1.29 is 9.53 Å². The molecule has 2 rings (SSSR count). The summed E-state index contributed by atoms with van der Waals surface area (Å²) < 4.78 is 5.08. The highest BCUT2D eigenvalue weighted by Crippen LogP contribution is 2.24. The topological polar surface area (TPSA) is 65.2 Å². The van der Waals surface area contributed by atoms with Crippen LogP contribution in [0, 0.1) is 0 Å². The molecule has 0 unspecified atom stereocenters. The minimum Gasteiger partial charge on any atom is -0.497 e. The first-order chi connectivity index (χ1) is 8.72. The smallest absolute Gasteiger partial charge is 0.231 e. The fourth-order valence-corrected chi connectivity index (χ4v) is 1.82. The Morgan fingerprint density at radius 2 is 1.94 bits per heavy atom. The zero-order chi connectivity index (χ0) is 13.0. The lowest BCUT2D eigenvalue weighted by atomic mass is 9.94. The summed E-state index contributed by atoms with van der Waals surface area (Å²) in [6.07, 6.45) is 1.65. The van der Waals surface area contributed by atoms with Crippen LogP contribution in [0.5, 0.6) is 5.75 Å². The molecular weight excluding hydrogens is 228 g/mol. The maximum atomic E-state index is 11.6. The minimum absolute atomic E-state index is 0.418. The first-order valence-electron chi connectivity index (χ1n) is 5.56. The molecule has 0 aliphatic carbocycles. The molecule has 1 aromatic heterocycles. The lowest BCUT2D eigenvalue weighted by Crippen LogP contribution is -2.23. The molecule has 18 heavy (non-hydrogen) atoms. The molecule has 92 valence electrons. The number of rotatable bonds is 4. The van der Waals surface area contributed by atoms with Crippen LogP contribution in [-0.4, -0.2) is 18.0 Å². The lowest BCUT2D eigenvalue weighted by molar-refractivity contribution is -0.118. The predicted molar refractivity (Wildman–Crippen MR) is 68.3 cm³/mol. The molecule has 0 bridgehead atoms. The second-order valence-electron chi connectivity index (χ2n) is 3.86. The van der Waals surface area contributed by atoms with Gasteiger partial charge in [-0.2, -0.15) is 0 Å². The Hall–Kier alpha value is -2.36. The van der Waals surface area contributed by atoms with Crippen LogP contribution in [0.1, 0.15) is 17.2 Å². The molecule has 2 aromatic rings. The van der Waals surface area contributed by atoms with Crippen molar-refractivity contribution >= 4 is 5.91 Å². The van der Waals surface area contributed by atoms with Crippen LogP contribution in [0.25, 0.3) is 0 Å². The third-order valence-electron chi connectivity index (χ3n) is 2.72. The summed E-state index contributed by atoms with van der Waals surface area (Å²) in [5, 5.41) is 0. The number of carbonyl (C=O) groups excluding carboxylic acids is 1. The summed E-state index contributed by atoms with van der Waals surface area (Å²) in [4.78, 5) is 15.8. The molecule has 4 nitrogen and oxygen atoms in total. The second kappa shape index (κ2) is 5.31. The second-order valence-corrected chi connectivity index (χ2v) is 3.86. The number of benzene rings is 1. The largest absolute Gasteiger partial charge is 0.497 e. The van der Waals surface area contributed by atoms with E-state index in [-0.39, 0.29) is 0 Å². The van der Waals surface area contributed by atoms with Gasteiger partial charge in [0, 0.05) is 6.20 Å². The van der Waals surface area contributed by atoms with Gasteiger partial charge in [-0.05, 0) is 29.8 Å². The normalized spacial score (nSPS) is 11.8. The number of methoxy groups -OCH3 is 1. The van der Waals surface area contributed by atoms with Crippen LogP contribution in [0.2, 0.25) is 0 Å². The summed E-state index contributed by atoms with van der Waals surface area (Å²) in [7, 11) is 1.60. The molecule has 0 fully saturated rings. The Bertz CT molecular complexity index is 523. The Morgan fingerprint density at radius 1 is 1.22 bits per heavy atom. The van der Waals surface area contributed by atoms with Gasteiger partial charge in [0.25, 0.3) is 0 Å². The number of amides is 1. The minimum atomic E-state index is -0.530. The van der Waals surface area contributed by atoms with E-state index in [4.69, 9.17) is 10.5 Å². The van der Waals surface area contributed by atoms with Gasteiger partial charge in [0.05, 0.1) is 12.8 Å². The highest BCUT2D eigenvalue weighted by atomic mass is 16.5. The van der Waals surface area contributed by atoms with Gasteiger partial charge in [0.2, 0.25) is 5.91 Å². The number of primary amides is 1. The van der Waals surface area contributed by atoms with Gasteiger partial charge in [-0.1, -0.05) is 18.2 Å². The van der Waals surface area contributed by atoms with E-state index in [9.17, 15) is 4.79 Å². The van der Waals surface area contributed by atoms with Crippen LogP contribution < -0.4 is 10.5 Å². The first-order valence-corrected chi connectivity index (χ1v) is 5.56. The third kappa shape index (κ3) is 2.48. The van der Waals surface area contributed by atoms with Crippen molar-refractivity contribution in [3.05, 3.63) is 59.9 Å². The molecule has 0 aliphatic rings. The maximum Gasteiger partial charge on any atom is 0.231 e. The van der Waals surface area contributed by atoms with Crippen molar-refractivity contribution in [2.75, 3.05) is 7.11 Å². The molecule has 4 heteroatoms. The van der Waals surface area contributed by atoms with Crippen molar-refractivity contribution in [2.24, 2.45) is 5.73 Å². The zero-order valence-electron chi connectivity index (χ0n) is 10.0. The predicted octanol–water partition coefficient (Wildman–Crippen LogP) is 1.71. The van der Waals surface area contributed by atoms with Crippen molar-refractivity contribution in [1.82, 2.24) is 4.98 Å². The average Bonchev–Trinajstić information content (AvgIpc) is 2.40. The molecular formula is C14H14N2O2. The van der Waals surface area contributed by atoms with Crippen LogP contribution >= 0.6 is 0 Å². The van der Waals surface area contributed by atoms with Gasteiger partial charge < -0.3 is 10.5 Å². The van der Waals surface area contributed by atoms with Crippen molar-refractivity contribution in [3.63, 3.8) is 0 Å². The molecule has 0 radical (unpaired) electrons. The number of hydrogen-bond donors (Lipinski definition) is 1. The summed E-state index contributed by atoms with van der Waals surface area (Å²) in [6, 6.07) is 12.7. The van der Waals surface area contributed by atoms with Gasteiger partial charge >= 0.3 is 0 Å². The van der Waals surface area contributed by atoms with Crippen molar-refractivity contribution in [3.8, 4) is 5.75 Å². The van der Waals surface area contributed by atoms with Gasteiger partial charge in [-0.3, -0.25) is 9.78 Å². The van der Waals surface area contributed by atoms with E-state index < -0.39 is 11.8 Å². The van der Waals surface area contributed by atoms with E-state index in [1.165, 1.54) is 0 Å². The third-order valence-corrected chi connectivity index (χ3v) is 2.72. The quantitative estimate of drug-likeness (QED) is 0.887. The van der Waals surface area contributed by atoms with E-state index in [2.05, 4.69) is 4.98 Å². The fraction of sp³-hybridized carbons (Fsp3) is 0.143. The first kappa shape index (κ1) is 12.1. The number of nitrogens with zero attached hydrogens (tertiary/aromatic N) is 1. The number of aromatic nitrogens is 1. The fourth-order valence-electron chi connectivity index (χ4n) is 1.82. The molecule has 1 aromatic carbocycles. The van der Waals surface area contributed by atoms with Gasteiger partial charge in [0.1, 0.15) is 11.7 Å². The Kier molecular flexibility index (Phi) is 3.57. The van der Waals surface area contributed by atoms with Crippen LogP contribution in [0.3, 0.4) is 0 Å². The van der Waals surface area contributed by atoms with Crippen LogP contribution in [0.15, 0.2) is 48.7 Å². The molecule has 1 amide bonds. The number of ether oxygens (including phenoxy) is 1. The molecule has 0 saturated carbocycles. The van der Waals surface area contributed by atoms with Crippen molar-refractivity contribution in [2.45, 2.75) is 5.92 Å². The summed E-state index contributed by atoms with van der Waals surface area (Å²) in [5.74, 6) is -0.209. The summed E-state index contributed by atoms with van der Waals surface area (Å²) >= 11 is 0. The molecule has 2 N–H and O–H groups in total. The monoisotopic (exact) mass is 242 g/mol. The summed E-state index contributed by atoms with van der Waals surface area (Å²) in [6.45, 7) is 0. The van der Waals surface area contributed by atoms with E-state index in [0.29, 0.717) is 5.69 Å². The number of nitrogens with two attached hydrogens (primary N) is 1. The Balaban J connectivity index is 2.39. The van der Waals surface area contributed by atoms with Gasteiger partial charge in [-0.15, -0.1) is 0 Å². The van der Waals surface area contributed by atoms with Gasteiger partial charge in [-0.25, -0.2) is 0 Å².